The molecular formula is C24H50S2. The highest BCUT2D eigenvalue weighted by molar-refractivity contribution is 7.81. The van der Waals surface area contributed by atoms with Crippen molar-refractivity contribution in [2.45, 2.75) is 147 Å². The van der Waals surface area contributed by atoms with E-state index in [0.717, 1.165) is 5.75 Å². The summed E-state index contributed by atoms with van der Waals surface area (Å²) in [6.45, 7) is 2.29. The summed E-state index contributed by atoms with van der Waals surface area (Å²) in [6.07, 6.45) is 29.7. The van der Waals surface area contributed by atoms with E-state index >= 15 is 0 Å². The SMILES string of the molecule is CCCCCCCCCCCC(S)CCCCCCCCCCCCS. The number of thiol groups is 2. The molecule has 0 aromatic heterocycles. The van der Waals surface area contributed by atoms with Crippen LogP contribution in [-0.2, 0) is 0 Å². The number of hydrogen-bond donors (Lipinski definition) is 2. The lowest BCUT2D eigenvalue weighted by molar-refractivity contribution is 0.526. The van der Waals surface area contributed by atoms with Crippen LogP contribution in [0.3, 0.4) is 0 Å². The Morgan fingerprint density at radius 3 is 1.12 bits per heavy atom. The van der Waals surface area contributed by atoms with Gasteiger partial charge >= 0.3 is 0 Å². The highest BCUT2D eigenvalue weighted by atomic mass is 32.1. The lowest BCUT2D eigenvalue weighted by Crippen LogP contribution is -1.98. The quantitative estimate of drug-likeness (QED) is 0.131. The fourth-order valence-electron chi connectivity index (χ4n) is 3.74. The summed E-state index contributed by atoms with van der Waals surface area (Å²) in [5, 5.41) is 0.659. The van der Waals surface area contributed by atoms with Gasteiger partial charge in [0.05, 0.1) is 0 Å². The summed E-state index contributed by atoms with van der Waals surface area (Å²) in [7, 11) is 0. The number of unbranched alkanes of at least 4 members (excludes halogenated alkanes) is 17. The molecular weight excluding hydrogens is 352 g/mol. The lowest BCUT2D eigenvalue weighted by Gasteiger charge is -2.10. The van der Waals surface area contributed by atoms with Crippen molar-refractivity contribution in [2.24, 2.45) is 0 Å². The van der Waals surface area contributed by atoms with Crippen LogP contribution in [-0.4, -0.2) is 11.0 Å². The van der Waals surface area contributed by atoms with Gasteiger partial charge in [-0.15, -0.1) is 0 Å². The van der Waals surface area contributed by atoms with Gasteiger partial charge in [0.2, 0.25) is 0 Å². The van der Waals surface area contributed by atoms with Gasteiger partial charge in [0.25, 0.3) is 0 Å². The van der Waals surface area contributed by atoms with Crippen molar-refractivity contribution in [1.29, 1.82) is 0 Å². The smallest absolute Gasteiger partial charge is 0.00168 e. The van der Waals surface area contributed by atoms with E-state index in [4.69, 9.17) is 12.6 Å². The average Bonchev–Trinajstić information content (AvgIpc) is 2.64. The van der Waals surface area contributed by atoms with Crippen LogP contribution in [0.5, 0.6) is 0 Å². The molecule has 0 fully saturated rings. The molecule has 0 saturated carbocycles. The van der Waals surface area contributed by atoms with Gasteiger partial charge in [-0.3, -0.25) is 0 Å². The van der Waals surface area contributed by atoms with Crippen LogP contribution in [0.1, 0.15) is 142 Å². The lowest BCUT2D eigenvalue weighted by atomic mass is 10.0. The summed E-state index contributed by atoms with van der Waals surface area (Å²) in [4.78, 5) is 0. The van der Waals surface area contributed by atoms with Crippen LogP contribution < -0.4 is 0 Å². The van der Waals surface area contributed by atoms with Crippen molar-refractivity contribution in [3.63, 3.8) is 0 Å². The Bertz CT molecular complexity index is 242. The fourth-order valence-corrected chi connectivity index (χ4v) is 4.33. The summed E-state index contributed by atoms with van der Waals surface area (Å²) >= 11 is 9.07. The molecule has 158 valence electrons. The molecule has 0 saturated heterocycles. The average molecular weight is 403 g/mol. The molecule has 26 heavy (non-hydrogen) atoms. The second-order valence-electron chi connectivity index (χ2n) is 8.32. The first-order valence-electron chi connectivity index (χ1n) is 12.1. The standard InChI is InChI=1S/C24H50S2/c1-2-3-4-5-6-9-12-15-18-21-24(26)22-19-16-13-10-7-8-11-14-17-20-23-25/h24-26H,2-23H2,1H3. The first-order chi connectivity index (χ1) is 12.8. The minimum atomic E-state index is 0.659. The molecule has 0 aromatic rings. The summed E-state index contributed by atoms with van der Waals surface area (Å²) in [5.41, 5.74) is 0. The third-order valence-corrected chi connectivity index (χ3v) is 6.42. The largest absolute Gasteiger partial charge is 0.179 e. The van der Waals surface area contributed by atoms with Gasteiger partial charge in [-0.25, -0.2) is 0 Å². The van der Waals surface area contributed by atoms with Gasteiger partial charge in [-0.1, -0.05) is 122 Å². The van der Waals surface area contributed by atoms with E-state index < -0.39 is 0 Å². The molecule has 0 aliphatic rings. The van der Waals surface area contributed by atoms with E-state index in [1.54, 1.807) is 0 Å². The summed E-state index contributed by atoms with van der Waals surface area (Å²) in [6, 6.07) is 0. The molecule has 0 heterocycles. The van der Waals surface area contributed by atoms with Gasteiger partial charge < -0.3 is 0 Å². The predicted molar refractivity (Wildman–Crippen MR) is 129 cm³/mol. The Hall–Kier alpha value is 0.700. The molecule has 0 nitrogen and oxygen atoms in total. The topological polar surface area (TPSA) is 0 Å². The van der Waals surface area contributed by atoms with Crippen LogP contribution in [0.25, 0.3) is 0 Å². The number of hydrogen-bond acceptors (Lipinski definition) is 2. The highest BCUT2D eigenvalue weighted by Crippen LogP contribution is 2.18. The summed E-state index contributed by atoms with van der Waals surface area (Å²) in [5.74, 6) is 1.06. The molecule has 0 amide bonds. The van der Waals surface area contributed by atoms with Gasteiger partial charge in [0.1, 0.15) is 0 Å². The molecule has 0 spiro atoms. The van der Waals surface area contributed by atoms with Crippen molar-refractivity contribution in [1.82, 2.24) is 0 Å². The minimum Gasteiger partial charge on any atom is -0.179 e. The van der Waals surface area contributed by atoms with E-state index in [-0.39, 0.29) is 0 Å². The van der Waals surface area contributed by atoms with Crippen LogP contribution in [0.4, 0.5) is 0 Å². The van der Waals surface area contributed by atoms with E-state index in [2.05, 4.69) is 19.6 Å². The van der Waals surface area contributed by atoms with Crippen molar-refractivity contribution in [3.05, 3.63) is 0 Å². The third kappa shape index (κ3) is 22.7. The first kappa shape index (κ1) is 26.7. The molecule has 0 rings (SSSR count). The summed E-state index contributed by atoms with van der Waals surface area (Å²) < 4.78 is 0. The Morgan fingerprint density at radius 1 is 0.462 bits per heavy atom. The van der Waals surface area contributed by atoms with Crippen molar-refractivity contribution >= 4 is 25.3 Å². The zero-order chi connectivity index (χ0) is 19.1. The van der Waals surface area contributed by atoms with E-state index in [1.807, 2.05) is 0 Å². The minimum absolute atomic E-state index is 0.659. The molecule has 0 aromatic carbocycles. The maximum Gasteiger partial charge on any atom is 0.00168 e. The Morgan fingerprint density at radius 2 is 0.769 bits per heavy atom. The van der Waals surface area contributed by atoms with E-state index in [9.17, 15) is 0 Å². The van der Waals surface area contributed by atoms with Crippen LogP contribution in [0, 0.1) is 0 Å². The predicted octanol–water partition coefficient (Wildman–Crippen LogP) is 9.43. The monoisotopic (exact) mass is 402 g/mol. The number of rotatable bonds is 22. The highest BCUT2D eigenvalue weighted by Gasteiger charge is 2.03. The third-order valence-electron chi connectivity index (χ3n) is 5.59. The van der Waals surface area contributed by atoms with Gasteiger partial charge in [-0.05, 0) is 25.0 Å². The Labute approximate surface area is 177 Å². The maximum absolute atomic E-state index is 4.81. The maximum atomic E-state index is 4.81. The molecule has 0 aliphatic heterocycles. The molecule has 1 atom stereocenters. The van der Waals surface area contributed by atoms with Crippen LogP contribution >= 0.6 is 25.3 Å². The van der Waals surface area contributed by atoms with Gasteiger partial charge in [0, 0.05) is 5.25 Å². The van der Waals surface area contributed by atoms with Gasteiger partial charge in [-0.2, -0.15) is 25.3 Å². The second kappa shape index (κ2) is 23.7. The van der Waals surface area contributed by atoms with Crippen molar-refractivity contribution in [3.8, 4) is 0 Å². The Kier molecular flexibility index (Phi) is 24.4. The van der Waals surface area contributed by atoms with Gasteiger partial charge in [0.15, 0.2) is 0 Å². The zero-order valence-corrected chi connectivity index (χ0v) is 19.8. The molecule has 0 radical (unpaired) electrons. The van der Waals surface area contributed by atoms with Crippen LogP contribution in [0.15, 0.2) is 0 Å². The molecule has 0 bridgehead atoms. The van der Waals surface area contributed by atoms with E-state index in [1.165, 1.54) is 135 Å². The Balaban J connectivity index is 3.12. The fraction of sp³-hybridized carbons (Fsp3) is 1.00. The zero-order valence-electron chi connectivity index (χ0n) is 18.0. The van der Waals surface area contributed by atoms with E-state index in [0.29, 0.717) is 5.25 Å². The van der Waals surface area contributed by atoms with Crippen molar-refractivity contribution < 1.29 is 0 Å². The second-order valence-corrected chi connectivity index (χ2v) is 9.50. The normalized spacial score (nSPS) is 12.6. The molecule has 0 aliphatic carbocycles. The van der Waals surface area contributed by atoms with Crippen LogP contribution in [0.2, 0.25) is 0 Å². The molecule has 0 N–H and O–H groups in total. The first-order valence-corrected chi connectivity index (χ1v) is 13.2. The molecule has 1 unspecified atom stereocenters. The molecule has 2 heteroatoms. The van der Waals surface area contributed by atoms with Crippen molar-refractivity contribution in [2.75, 3.05) is 5.75 Å².